The fourth-order valence-corrected chi connectivity index (χ4v) is 7.87. The lowest BCUT2D eigenvalue weighted by Gasteiger charge is -2.20. The predicted molar refractivity (Wildman–Crippen MR) is 159 cm³/mol. The van der Waals surface area contributed by atoms with E-state index in [1.165, 1.54) is 0 Å². The molecular weight excluding hydrogens is 483 g/mol. The molecule has 0 aliphatic rings. The van der Waals surface area contributed by atoms with Gasteiger partial charge in [0.2, 0.25) is 0 Å². The monoisotopic (exact) mass is 506 g/mol. The quantitative estimate of drug-likeness (QED) is 0.144. The summed E-state index contributed by atoms with van der Waals surface area (Å²) in [5, 5.41) is 5.56. The van der Waals surface area contributed by atoms with Crippen LogP contribution in [0, 0.1) is 0 Å². The van der Waals surface area contributed by atoms with E-state index in [-0.39, 0.29) is 0 Å². The smallest absolute Gasteiger partial charge is 0.171 e. The molecule has 7 rings (SSSR count). The molecular formula is C34H23N2OP. The van der Waals surface area contributed by atoms with Crippen LogP contribution in [0.4, 0.5) is 0 Å². The van der Waals surface area contributed by atoms with Crippen LogP contribution in [0.1, 0.15) is 0 Å². The summed E-state index contributed by atoms with van der Waals surface area (Å²) >= 11 is 0. The standard InChI is InChI=1S/C34H23N2OP/c37-38(26-12-3-1-4-13-26,27-14-5-2-6-15-27)28-21-19-24(20-22-28)33-30-23-25-11-7-9-17-31(25)35-34(30)29-16-8-10-18-32(29)36-33/h1-23H. The Labute approximate surface area is 220 Å². The molecule has 0 aliphatic heterocycles. The number of hydrogen-bond donors (Lipinski definition) is 0. The van der Waals surface area contributed by atoms with Gasteiger partial charge in [0.25, 0.3) is 0 Å². The summed E-state index contributed by atoms with van der Waals surface area (Å²) < 4.78 is 14.8. The Bertz CT molecular complexity index is 1940. The molecule has 7 aromatic rings. The minimum absolute atomic E-state index is 0.798. The van der Waals surface area contributed by atoms with Gasteiger partial charge in [-0.1, -0.05) is 121 Å². The normalized spacial score (nSPS) is 11.8. The third kappa shape index (κ3) is 3.63. The van der Waals surface area contributed by atoms with Gasteiger partial charge < -0.3 is 4.57 Å². The largest absolute Gasteiger partial charge is 0.309 e. The number of aromatic nitrogens is 2. The summed E-state index contributed by atoms with van der Waals surface area (Å²) in [6, 6.07) is 46.1. The fraction of sp³-hybridized carbons (Fsp3) is 0. The van der Waals surface area contributed by atoms with Crippen molar-refractivity contribution < 1.29 is 4.57 Å². The van der Waals surface area contributed by atoms with E-state index in [0.29, 0.717) is 0 Å². The van der Waals surface area contributed by atoms with Crippen molar-refractivity contribution in [1.82, 2.24) is 9.97 Å². The number of rotatable bonds is 4. The number of hydrogen-bond acceptors (Lipinski definition) is 3. The second-order valence-corrected chi connectivity index (χ2v) is 12.1. The summed E-state index contributed by atoms with van der Waals surface area (Å²) in [4.78, 5) is 10.1. The number of para-hydroxylation sites is 2. The van der Waals surface area contributed by atoms with Crippen molar-refractivity contribution in [2.24, 2.45) is 0 Å². The topological polar surface area (TPSA) is 42.9 Å². The van der Waals surface area contributed by atoms with Gasteiger partial charge in [0.05, 0.1) is 22.2 Å². The van der Waals surface area contributed by atoms with E-state index in [9.17, 15) is 4.57 Å². The lowest BCUT2D eigenvalue weighted by molar-refractivity contribution is 0.592. The number of fused-ring (bicyclic) bond motifs is 4. The third-order valence-electron chi connectivity index (χ3n) is 7.11. The summed E-state index contributed by atoms with van der Waals surface area (Å²) in [5.74, 6) is 0. The van der Waals surface area contributed by atoms with Gasteiger partial charge in [0.1, 0.15) is 0 Å². The molecule has 0 amide bonds. The van der Waals surface area contributed by atoms with Gasteiger partial charge in [0.15, 0.2) is 7.14 Å². The first-order chi connectivity index (χ1) is 18.7. The molecule has 0 aliphatic carbocycles. The fourth-order valence-electron chi connectivity index (χ4n) is 5.23. The van der Waals surface area contributed by atoms with Crippen molar-refractivity contribution in [2.45, 2.75) is 0 Å². The number of pyridine rings is 2. The molecule has 2 aromatic heterocycles. The van der Waals surface area contributed by atoms with Gasteiger partial charge in [-0.15, -0.1) is 0 Å². The second kappa shape index (κ2) is 9.06. The molecule has 0 radical (unpaired) electrons. The molecule has 0 bridgehead atoms. The van der Waals surface area contributed by atoms with Crippen LogP contribution in [0.5, 0.6) is 0 Å². The molecule has 180 valence electrons. The molecule has 5 aromatic carbocycles. The summed E-state index contributed by atoms with van der Waals surface area (Å²) in [6.07, 6.45) is 0. The average Bonchev–Trinajstić information content (AvgIpc) is 3.00. The molecule has 0 spiro atoms. The maximum absolute atomic E-state index is 14.8. The zero-order valence-corrected chi connectivity index (χ0v) is 21.4. The first kappa shape index (κ1) is 22.6. The molecule has 0 saturated heterocycles. The second-order valence-electron chi connectivity index (χ2n) is 9.38. The van der Waals surface area contributed by atoms with Crippen molar-refractivity contribution in [2.75, 3.05) is 0 Å². The zero-order valence-electron chi connectivity index (χ0n) is 20.5. The highest BCUT2D eigenvalue weighted by Crippen LogP contribution is 2.43. The van der Waals surface area contributed by atoms with Crippen LogP contribution >= 0.6 is 7.14 Å². The first-order valence-electron chi connectivity index (χ1n) is 12.6. The number of benzene rings is 5. The van der Waals surface area contributed by atoms with Gasteiger partial charge in [-0.2, -0.15) is 0 Å². The van der Waals surface area contributed by atoms with Crippen LogP contribution in [-0.4, -0.2) is 9.97 Å². The first-order valence-corrected chi connectivity index (χ1v) is 14.3. The Balaban J connectivity index is 1.44. The molecule has 0 unspecified atom stereocenters. The predicted octanol–water partition coefficient (Wildman–Crippen LogP) is 7.24. The van der Waals surface area contributed by atoms with Gasteiger partial charge in [0, 0.05) is 37.6 Å². The summed E-state index contributed by atoms with van der Waals surface area (Å²) in [6.45, 7) is 0. The molecule has 0 atom stereocenters. The van der Waals surface area contributed by atoms with Crippen LogP contribution in [-0.2, 0) is 4.57 Å². The lowest BCUT2D eigenvalue weighted by atomic mass is 10.0. The third-order valence-corrected chi connectivity index (χ3v) is 10.2. The van der Waals surface area contributed by atoms with Crippen molar-refractivity contribution in [3.05, 3.63) is 140 Å². The molecule has 0 fully saturated rings. The van der Waals surface area contributed by atoms with E-state index in [4.69, 9.17) is 9.97 Å². The van der Waals surface area contributed by atoms with Crippen LogP contribution in [0.25, 0.3) is 44.0 Å². The minimum atomic E-state index is -3.04. The van der Waals surface area contributed by atoms with E-state index >= 15 is 0 Å². The molecule has 4 heteroatoms. The van der Waals surface area contributed by atoms with Crippen LogP contribution in [0.3, 0.4) is 0 Å². The Morgan fingerprint density at radius 2 is 1.03 bits per heavy atom. The molecule has 38 heavy (non-hydrogen) atoms. The molecule has 2 heterocycles. The van der Waals surface area contributed by atoms with E-state index < -0.39 is 7.14 Å². The maximum Gasteiger partial charge on any atom is 0.171 e. The SMILES string of the molecule is O=P(c1ccccc1)(c1ccccc1)c1ccc(-c2nc3ccccc3c3nc4ccccc4cc23)cc1. The van der Waals surface area contributed by atoms with Gasteiger partial charge in [-0.25, -0.2) is 9.97 Å². The highest BCUT2D eigenvalue weighted by molar-refractivity contribution is 7.85. The van der Waals surface area contributed by atoms with E-state index in [2.05, 4.69) is 18.2 Å². The summed E-state index contributed by atoms with van der Waals surface area (Å²) in [7, 11) is -3.04. The van der Waals surface area contributed by atoms with Gasteiger partial charge in [-0.3, -0.25) is 0 Å². The highest BCUT2D eigenvalue weighted by atomic mass is 31.2. The van der Waals surface area contributed by atoms with Gasteiger partial charge >= 0.3 is 0 Å². The Hall–Kier alpha value is -4.59. The van der Waals surface area contributed by atoms with Crippen LogP contribution < -0.4 is 15.9 Å². The Kier molecular flexibility index (Phi) is 5.39. The van der Waals surface area contributed by atoms with Crippen LogP contribution in [0.2, 0.25) is 0 Å². The molecule has 0 N–H and O–H groups in total. The number of nitrogens with zero attached hydrogens (tertiary/aromatic N) is 2. The van der Waals surface area contributed by atoms with Crippen LogP contribution in [0.15, 0.2) is 140 Å². The maximum atomic E-state index is 14.8. The van der Waals surface area contributed by atoms with E-state index in [1.54, 1.807) is 0 Å². The highest BCUT2D eigenvalue weighted by Gasteiger charge is 2.29. The Morgan fingerprint density at radius 3 is 1.71 bits per heavy atom. The van der Waals surface area contributed by atoms with Crippen molar-refractivity contribution in [1.29, 1.82) is 0 Å². The van der Waals surface area contributed by atoms with E-state index in [0.717, 1.165) is 59.9 Å². The van der Waals surface area contributed by atoms with Gasteiger partial charge in [-0.05, 0) is 18.2 Å². The lowest BCUT2D eigenvalue weighted by Crippen LogP contribution is -2.24. The zero-order chi connectivity index (χ0) is 25.5. The van der Waals surface area contributed by atoms with Crippen molar-refractivity contribution in [3.8, 4) is 11.3 Å². The average molecular weight is 507 g/mol. The summed E-state index contributed by atoms with van der Waals surface area (Å²) in [5.41, 5.74) is 4.64. The van der Waals surface area contributed by atoms with Crippen molar-refractivity contribution in [3.63, 3.8) is 0 Å². The molecule has 3 nitrogen and oxygen atoms in total. The Morgan fingerprint density at radius 1 is 0.474 bits per heavy atom. The van der Waals surface area contributed by atoms with Crippen molar-refractivity contribution >= 4 is 55.8 Å². The molecule has 0 saturated carbocycles. The minimum Gasteiger partial charge on any atom is -0.309 e. The van der Waals surface area contributed by atoms with E-state index in [1.807, 2.05) is 121 Å².